The lowest BCUT2D eigenvalue weighted by atomic mass is 9.98. The van der Waals surface area contributed by atoms with Crippen LogP contribution in [0, 0.1) is 6.92 Å². The minimum absolute atomic E-state index is 0.211. The summed E-state index contributed by atoms with van der Waals surface area (Å²) in [5.41, 5.74) is 3.76. The van der Waals surface area contributed by atoms with Crippen molar-refractivity contribution in [2.75, 3.05) is 18.4 Å². The molecule has 2 aromatic rings. The van der Waals surface area contributed by atoms with Gasteiger partial charge in [0.1, 0.15) is 0 Å². The van der Waals surface area contributed by atoms with Gasteiger partial charge < -0.3 is 5.32 Å². The Morgan fingerprint density at radius 2 is 1.65 bits per heavy atom. The summed E-state index contributed by atoms with van der Waals surface area (Å²) in [6, 6.07) is 12.7. The Bertz CT molecular complexity index is 1030. The minimum Gasteiger partial charge on any atom is -0.322 e. The second kappa shape index (κ2) is 10.2. The molecule has 0 atom stereocenters. The van der Waals surface area contributed by atoms with Gasteiger partial charge in [-0.15, -0.1) is 0 Å². The number of nitrogens with zero attached hydrogens (tertiary/aromatic N) is 1. The van der Waals surface area contributed by atoms with E-state index in [1.165, 1.54) is 6.08 Å². The zero-order valence-corrected chi connectivity index (χ0v) is 19.4. The zero-order valence-electron chi connectivity index (χ0n) is 18.6. The van der Waals surface area contributed by atoms with E-state index in [0.717, 1.165) is 48.1 Å². The van der Waals surface area contributed by atoms with Crippen LogP contribution in [-0.2, 0) is 14.8 Å². The summed E-state index contributed by atoms with van der Waals surface area (Å²) in [5.74, 6) is 0.0929. The highest BCUT2D eigenvalue weighted by Crippen LogP contribution is 2.27. The number of rotatable bonds is 6. The van der Waals surface area contributed by atoms with Crippen LogP contribution < -0.4 is 5.32 Å². The van der Waals surface area contributed by atoms with E-state index >= 15 is 0 Å². The molecule has 1 aliphatic rings. The molecule has 1 heterocycles. The normalized spacial score (nSPS) is 15.9. The molecule has 0 aliphatic carbocycles. The fourth-order valence-electron chi connectivity index (χ4n) is 3.86. The SMILES string of the molecule is Cc1cccc(C(C)C)c1NC(=O)/C=C/c1ccc(S(=O)(=O)N2CCCCCC2)cc1. The van der Waals surface area contributed by atoms with Crippen molar-refractivity contribution in [2.24, 2.45) is 0 Å². The standard InChI is InChI=1S/C25H32N2O3S/c1-19(2)23-10-8-9-20(3)25(23)26-24(28)16-13-21-11-14-22(15-12-21)31(29,30)27-17-6-4-5-7-18-27/h8-16,19H,4-7,17-18H2,1-3H3,(H,26,28)/b16-13+. The first kappa shape index (κ1) is 23.2. The van der Waals surface area contributed by atoms with Crippen LogP contribution in [0.1, 0.15) is 62.1 Å². The van der Waals surface area contributed by atoms with Gasteiger partial charge in [0.25, 0.3) is 0 Å². The van der Waals surface area contributed by atoms with Crippen molar-refractivity contribution in [3.63, 3.8) is 0 Å². The minimum atomic E-state index is -3.46. The van der Waals surface area contributed by atoms with E-state index in [1.54, 1.807) is 34.6 Å². The number of aryl methyl sites for hydroxylation is 1. The van der Waals surface area contributed by atoms with E-state index in [0.29, 0.717) is 23.9 Å². The first-order chi connectivity index (χ1) is 14.8. The van der Waals surface area contributed by atoms with Crippen molar-refractivity contribution in [1.82, 2.24) is 4.31 Å². The quantitative estimate of drug-likeness (QED) is 0.617. The van der Waals surface area contributed by atoms with Crippen LogP contribution >= 0.6 is 0 Å². The molecule has 1 saturated heterocycles. The summed E-state index contributed by atoms with van der Waals surface area (Å²) in [6.45, 7) is 7.35. The number of hydrogen-bond donors (Lipinski definition) is 1. The van der Waals surface area contributed by atoms with Crippen LogP contribution in [0.3, 0.4) is 0 Å². The topological polar surface area (TPSA) is 66.5 Å². The maximum Gasteiger partial charge on any atom is 0.248 e. The molecule has 0 saturated carbocycles. The predicted octanol–water partition coefficient (Wildman–Crippen LogP) is 5.34. The molecule has 6 heteroatoms. The zero-order chi connectivity index (χ0) is 22.4. The van der Waals surface area contributed by atoms with E-state index in [4.69, 9.17) is 0 Å². The van der Waals surface area contributed by atoms with E-state index in [1.807, 2.05) is 25.1 Å². The second-order valence-corrected chi connectivity index (χ2v) is 10.3. The number of hydrogen-bond acceptors (Lipinski definition) is 3. The number of anilines is 1. The maximum atomic E-state index is 12.9. The Balaban J connectivity index is 1.69. The summed E-state index contributed by atoms with van der Waals surface area (Å²) < 4.78 is 27.4. The largest absolute Gasteiger partial charge is 0.322 e. The Morgan fingerprint density at radius 3 is 2.26 bits per heavy atom. The van der Waals surface area contributed by atoms with Crippen molar-refractivity contribution in [2.45, 2.75) is 57.3 Å². The lowest BCUT2D eigenvalue weighted by molar-refractivity contribution is -0.111. The van der Waals surface area contributed by atoms with Crippen LogP contribution in [0.25, 0.3) is 6.08 Å². The molecule has 1 N–H and O–H groups in total. The number of benzene rings is 2. The first-order valence-corrected chi connectivity index (χ1v) is 12.4. The highest BCUT2D eigenvalue weighted by molar-refractivity contribution is 7.89. The molecule has 0 spiro atoms. The van der Waals surface area contributed by atoms with Gasteiger partial charge in [-0.3, -0.25) is 4.79 Å². The molecule has 0 unspecified atom stereocenters. The Morgan fingerprint density at radius 1 is 1.00 bits per heavy atom. The molecular formula is C25H32N2O3S. The van der Waals surface area contributed by atoms with E-state index in [2.05, 4.69) is 19.2 Å². The summed E-state index contributed by atoms with van der Waals surface area (Å²) in [6.07, 6.45) is 7.17. The Hall–Kier alpha value is -2.44. The average molecular weight is 441 g/mol. The molecule has 0 aromatic heterocycles. The number of amides is 1. The first-order valence-electron chi connectivity index (χ1n) is 11.0. The monoisotopic (exact) mass is 440 g/mol. The van der Waals surface area contributed by atoms with Gasteiger partial charge in [-0.1, -0.05) is 57.0 Å². The molecule has 1 amide bonds. The number of para-hydroxylation sites is 1. The third-order valence-corrected chi connectivity index (χ3v) is 7.60. The van der Waals surface area contributed by atoms with Gasteiger partial charge >= 0.3 is 0 Å². The molecule has 0 radical (unpaired) electrons. The summed E-state index contributed by atoms with van der Waals surface area (Å²) in [5, 5.41) is 2.99. The van der Waals surface area contributed by atoms with Gasteiger partial charge in [0, 0.05) is 24.9 Å². The Kier molecular flexibility index (Phi) is 7.68. The fraction of sp³-hybridized carbons (Fsp3) is 0.400. The van der Waals surface area contributed by atoms with Gasteiger partial charge in [-0.05, 0) is 60.6 Å². The highest BCUT2D eigenvalue weighted by atomic mass is 32.2. The van der Waals surface area contributed by atoms with E-state index < -0.39 is 10.0 Å². The van der Waals surface area contributed by atoms with Gasteiger partial charge in [-0.25, -0.2) is 8.42 Å². The van der Waals surface area contributed by atoms with Crippen molar-refractivity contribution < 1.29 is 13.2 Å². The molecule has 31 heavy (non-hydrogen) atoms. The maximum absolute atomic E-state index is 12.9. The molecule has 2 aromatic carbocycles. The summed E-state index contributed by atoms with van der Waals surface area (Å²) >= 11 is 0. The molecule has 0 bridgehead atoms. The van der Waals surface area contributed by atoms with Gasteiger partial charge in [0.15, 0.2) is 0 Å². The molecule has 3 rings (SSSR count). The lowest BCUT2D eigenvalue weighted by Crippen LogP contribution is -2.31. The third-order valence-electron chi connectivity index (χ3n) is 5.69. The highest BCUT2D eigenvalue weighted by Gasteiger charge is 2.24. The van der Waals surface area contributed by atoms with Gasteiger partial charge in [0.2, 0.25) is 15.9 Å². The molecule has 166 valence electrons. The number of carbonyl (C=O) groups is 1. The Labute approximate surface area is 186 Å². The van der Waals surface area contributed by atoms with Crippen molar-refractivity contribution in [1.29, 1.82) is 0 Å². The van der Waals surface area contributed by atoms with Crippen LogP contribution in [0.5, 0.6) is 0 Å². The van der Waals surface area contributed by atoms with Crippen LogP contribution in [0.15, 0.2) is 53.4 Å². The fourth-order valence-corrected chi connectivity index (χ4v) is 5.38. The van der Waals surface area contributed by atoms with Gasteiger partial charge in [0.05, 0.1) is 4.90 Å². The number of nitrogens with one attached hydrogen (secondary N) is 1. The average Bonchev–Trinajstić information content (AvgIpc) is 3.04. The predicted molar refractivity (Wildman–Crippen MR) is 127 cm³/mol. The number of sulfonamides is 1. The van der Waals surface area contributed by atoms with Crippen LogP contribution in [0.2, 0.25) is 0 Å². The lowest BCUT2D eigenvalue weighted by Gasteiger charge is -2.19. The van der Waals surface area contributed by atoms with Gasteiger partial charge in [-0.2, -0.15) is 4.31 Å². The van der Waals surface area contributed by atoms with Crippen LogP contribution in [-0.4, -0.2) is 31.7 Å². The van der Waals surface area contributed by atoms with Crippen molar-refractivity contribution in [3.8, 4) is 0 Å². The van der Waals surface area contributed by atoms with Crippen LogP contribution in [0.4, 0.5) is 5.69 Å². The summed E-state index contributed by atoms with van der Waals surface area (Å²) in [4.78, 5) is 12.8. The molecule has 1 aliphatic heterocycles. The van der Waals surface area contributed by atoms with Crippen molar-refractivity contribution >= 4 is 27.7 Å². The molecular weight excluding hydrogens is 408 g/mol. The summed E-state index contributed by atoms with van der Waals surface area (Å²) in [7, 11) is -3.46. The third kappa shape index (κ3) is 5.83. The van der Waals surface area contributed by atoms with E-state index in [9.17, 15) is 13.2 Å². The van der Waals surface area contributed by atoms with E-state index in [-0.39, 0.29) is 5.91 Å². The van der Waals surface area contributed by atoms with Crippen molar-refractivity contribution in [3.05, 3.63) is 65.2 Å². The molecule has 5 nitrogen and oxygen atoms in total. The number of carbonyl (C=O) groups excluding carboxylic acids is 1. The second-order valence-electron chi connectivity index (χ2n) is 8.40. The molecule has 1 fully saturated rings. The smallest absolute Gasteiger partial charge is 0.248 e.